The molecule has 1 fully saturated rings. The molecular formula is C20H17Cl2NO4. The van der Waals surface area contributed by atoms with Crippen molar-refractivity contribution >= 4 is 47.2 Å². The molecule has 2 aliphatic carbocycles. The van der Waals surface area contributed by atoms with Gasteiger partial charge in [-0.15, -0.1) is 11.6 Å². The van der Waals surface area contributed by atoms with E-state index in [0.29, 0.717) is 32.4 Å². The fraction of sp³-hybridized carbons (Fsp3) is 0.300. The van der Waals surface area contributed by atoms with E-state index in [1.807, 2.05) is 0 Å². The van der Waals surface area contributed by atoms with Gasteiger partial charge in [0.25, 0.3) is 5.91 Å². The highest BCUT2D eigenvalue weighted by Gasteiger charge is 2.72. The van der Waals surface area contributed by atoms with Crippen LogP contribution in [0.4, 0.5) is 0 Å². The molecule has 4 rings (SSSR count). The van der Waals surface area contributed by atoms with Crippen molar-refractivity contribution in [2.75, 3.05) is 0 Å². The molecule has 2 N–H and O–H groups in total. The minimum absolute atomic E-state index is 0.219. The van der Waals surface area contributed by atoms with Crippen molar-refractivity contribution in [2.24, 2.45) is 5.92 Å². The van der Waals surface area contributed by atoms with Gasteiger partial charge in [-0.05, 0) is 49.8 Å². The molecule has 0 bridgehead atoms. The molecule has 0 saturated heterocycles. The lowest BCUT2D eigenvalue weighted by atomic mass is 10.1. The van der Waals surface area contributed by atoms with Crippen molar-refractivity contribution in [3.05, 3.63) is 56.7 Å². The second-order valence-corrected chi connectivity index (χ2v) is 8.35. The van der Waals surface area contributed by atoms with Crippen molar-refractivity contribution in [1.29, 1.82) is 0 Å². The Morgan fingerprint density at radius 2 is 1.89 bits per heavy atom. The van der Waals surface area contributed by atoms with Gasteiger partial charge < -0.3 is 10.2 Å². The number of aliphatic hydroxyl groups is 1. The van der Waals surface area contributed by atoms with Gasteiger partial charge in [0, 0.05) is 27.4 Å². The number of carboxylic acid groups (broad SMARTS) is 1. The first kappa shape index (κ1) is 18.3. The Kier molecular flexibility index (Phi) is 3.87. The van der Waals surface area contributed by atoms with E-state index in [1.165, 1.54) is 4.57 Å². The summed E-state index contributed by atoms with van der Waals surface area (Å²) in [5, 5.41) is 21.5. The predicted molar refractivity (Wildman–Crippen MR) is 103 cm³/mol. The van der Waals surface area contributed by atoms with Crippen LogP contribution < -0.4 is 10.6 Å². The zero-order chi connectivity index (χ0) is 19.7. The van der Waals surface area contributed by atoms with E-state index in [-0.39, 0.29) is 18.2 Å². The highest BCUT2D eigenvalue weighted by Crippen LogP contribution is 2.61. The topological polar surface area (TPSA) is 79.5 Å². The van der Waals surface area contributed by atoms with E-state index in [0.717, 1.165) is 0 Å². The normalized spacial score (nSPS) is 27.8. The molecular weight excluding hydrogens is 389 g/mol. The zero-order valence-electron chi connectivity index (χ0n) is 14.7. The molecule has 140 valence electrons. The average Bonchev–Trinajstić information content (AvgIpc) is 2.89. The molecule has 0 amide bonds. The summed E-state index contributed by atoms with van der Waals surface area (Å²) in [5.41, 5.74) is 0.383. The number of aromatic nitrogens is 1. The number of carboxylic acids is 1. The molecule has 5 nitrogen and oxygen atoms in total. The summed E-state index contributed by atoms with van der Waals surface area (Å²) in [6, 6.07) is 6.48. The van der Waals surface area contributed by atoms with E-state index in [2.05, 4.69) is 0 Å². The second kappa shape index (κ2) is 5.71. The molecule has 2 aliphatic rings. The highest BCUT2D eigenvalue weighted by molar-refractivity contribution is 6.32. The fourth-order valence-corrected chi connectivity index (χ4v) is 4.55. The number of fused-ring (bicyclic) bond motifs is 2. The number of carbonyl (C=O) groups excluding carboxylic acids is 1. The Morgan fingerprint density at radius 3 is 2.48 bits per heavy atom. The summed E-state index contributed by atoms with van der Waals surface area (Å²) in [6.07, 6.45) is 3.25. The molecule has 0 spiro atoms. The quantitative estimate of drug-likeness (QED) is 0.761. The zero-order valence-corrected chi connectivity index (χ0v) is 16.2. The summed E-state index contributed by atoms with van der Waals surface area (Å²) in [5.74, 6) is -1.62. The second-order valence-electron chi connectivity index (χ2n) is 7.29. The summed E-state index contributed by atoms with van der Waals surface area (Å²) < 4.78 is 1.47. The van der Waals surface area contributed by atoms with E-state index in [4.69, 9.17) is 23.2 Å². The number of hydrogen-bond acceptors (Lipinski definition) is 3. The number of benzene rings is 1. The van der Waals surface area contributed by atoms with Gasteiger partial charge in [0.1, 0.15) is 4.87 Å². The van der Waals surface area contributed by atoms with Gasteiger partial charge in [-0.25, -0.2) is 0 Å². The molecule has 7 heteroatoms. The Hall–Kier alpha value is -2.08. The number of halogens is 2. The van der Waals surface area contributed by atoms with Crippen LogP contribution in [-0.4, -0.2) is 37.1 Å². The first-order chi connectivity index (χ1) is 12.6. The first-order valence-corrected chi connectivity index (χ1v) is 9.22. The summed E-state index contributed by atoms with van der Waals surface area (Å²) in [7, 11) is 0. The van der Waals surface area contributed by atoms with Crippen LogP contribution in [0.2, 0.25) is 5.02 Å². The fourth-order valence-electron chi connectivity index (χ4n) is 3.98. The number of nitrogens with zero attached hydrogens (tertiary/aromatic N) is 1. The Bertz CT molecular complexity index is 1110. The van der Waals surface area contributed by atoms with Crippen LogP contribution in [0.3, 0.4) is 0 Å². The molecule has 3 unspecified atom stereocenters. The maximum absolute atomic E-state index is 13.2. The van der Waals surface area contributed by atoms with Crippen molar-refractivity contribution in [3.8, 4) is 0 Å². The molecule has 3 atom stereocenters. The van der Waals surface area contributed by atoms with E-state index >= 15 is 0 Å². The average molecular weight is 406 g/mol. The molecule has 2 aromatic rings. The Balaban J connectivity index is 1.97. The number of hydrogen-bond donors (Lipinski definition) is 2. The summed E-state index contributed by atoms with van der Waals surface area (Å²) >= 11 is 12.5. The number of rotatable bonds is 3. The van der Waals surface area contributed by atoms with E-state index < -0.39 is 16.4 Å². The van der Waals surface area contributed by atoms with E-state index in [9.17, 15) is 19.8 Å². The van der Waals surface area contributed by atoms with Gasteiger partial charge in [-0.2, -0.15) is 0 Å². The standard InChI is InChI=1S/C20H17Cl2NO4/c1-10-13(8-17(24)25)14-7-16-19(2,27)20(16,22)9-15(14)23(10)18(26)11-3-5-12(21)6-4-11/h3-7,9,16,27H,8H2,1-2H3,(H,24,25). The maximum atomic E-state index is 13.2. The minimum Gasteiger partial charge on any atom is -0.481 e. The highest BCUT2D eigenvalue weighted by atomic mass is 35.5. The minimum atomic E-state index is -1.14. The molecule has 1 aromatic carbocycles. The third-order valence-corrected chi connectivity index (χ3v) is 6.65. The largest absolute Gasteiger partial charge is 0.481 e. The van der Waals surface area contributed by atoms with Crippen LogP contribution in [0, 0.1) is 12.8 Å². The molecule has 27 heavy (non-hydrogen) atoms. The van der Waals surface area contributed by atoms with Crippen LogP contribution in [-0.2, 0) is 11.2 Å². The molecule has 0 aliphatic heterocycles. The lowest BCUT2D eigenvalue weighted by Gasteiger charge is -2.10. The first-order valence-electron chi connectivity index (χ1n) is 8.46. The van der Waals surface area contributed by atoms with Crippen LogP contribution in [0.1, 0.15) is 28.5 Å². The SMILES string of the molecule is Cc1c(CC(=O)O)c2c(n1C(=O)c1ccc(Cl)cc1)=CC1(Cl)C(C=2)C1(C)O. The third kappa shape index (κ3) is 2.49. The maximum Gasteiger partial charge on any atom is 0.307 e. The number of carbonyl (C=O) groups is 2. The summed E-state index contributed by atoms with van der Waals surface area (Å²) in [6.45, 7) is 3.36. The molecule has 1 heterocycles. The number of alkyl halides is 1. The van der Waals surface area contributed by atoms with Gasteiger partial charge >= 0.3 is 5.97 Å². The van der Waals surface area contributed by atoms with Crippen LogP contribution in [0.5, 0.6) is 0 Å². The monoisotopic (exact) mass is 405 g/mol. The van der Waals surface area contributed by atoms with Crippen molar-refractivity contribution in [3.63, 3.8) is 0 Å². The predicted octanol–water partition coefficient (Wildman–Crippen LogP) is 1.70. The van der Waals surface area contributed by atoms with Gasteiger partial charge in [-0.1, -0.05) is 17.7 Å². The smallest absolute Gasteiger partial charge is 0.307 e. The summed E-state index contributed by atoms with van der Waals surface area (Å²) in [4.78, 5) is 23.5. The third-order valence-electron chi connectivity index (χ3n) is 5.67. The van der Waals surface area contributed by atoms with Crippen molar-refractivity contribution < 1.29 is 19.8 Å². The molecule has 1 aromatic heterocycles. The van der Waals surface area contributed by atoms with E-state index in [1.54, 1.807) is 50.3 Å². The van der Waals surface area contributed by atoms with Crippen LogP contribution in [0.15, 0.2) is 24.3 Å². The number of aliphatic carboxylic acids is 1. The molecule has 0 radical (unpaired) electrons. The van der Waals surface area contributed by atoms with Gasteiger partial charge in [0.15, 0.2) is 0 Å². The van der Waals surface area contributed by atoms with Crippen molar-refractivity contribution in [1.82, 2.24) is 4.57 Å². The lowest BCUT2D eigenvalue weighted by molar-refractivity contribution is -0.136. The van der Waals surface area contributed by atoms with Gasteiger partial charge in [0.05, 0.1) is 17.4 Å². The Labute approximate surface area is 165 Å². The van der Waals surface area contributed by atoms with Crippen molar-refractivity contribution in [2.45, 2.75) is 30.7 Å². The van der Waals surface area contributed by atoms with Gasteiger partial charge in [-0.3, -0.25) is 14.2 Å². The van der Waals surface area contributed by atoms with Crippen LogP contribution >= 0.6 is 23.2 Å². The molecule has 1 saturated carbocycles. The lowest BCUT2D eigenvalue weighted by Crippen LogP contribution is -2.38. The van der Waals surface area contributed by atoms with Gasteiger partial charge in [0.2, 0.25) is 0 Å². The Morgan fingerprint density at radius 1 is 1.26 bits per heavy atom. The van der Waals surface area contributed by atoms with Crippen LogP contribution in [0.25, 0.3) is 12.2 Å².